The van der Waals surface area contributed by atoms with E-state index in [0.717, 1.165) is 32.4 Å². The Morgan fingerprint density at radius 2 is 2.06 bits per heavy atom. The Bertz CT molecular complexity index is 211. The van der Waals surface area contributed by atoms with Gasteiger partial charge >= 0.3 is 6.18 Å². The first-order valence-corrected chi connectivity index (χ1v) is 5.56. The molecule has 6 heteroatoms. The molecule has 0 aromatic heterocycles. The molecule has 1 saturated heterocycles. The molecular weight excluding hydrogens is 221 g/mol. The number of aliphatic hydroxyl groups excluding tert-OH is 1. The molecule has 3 nitrogen and oxygen atoms in total. The van der Waals surface area contributed by atoms with Crippen molar-refractivity contribution in [3.8, 4) is 0 Å². The summed E-state index contributed by atoms with van der Waals surface area (Å²) < 4.78 is 36.1. The lowest BCUT2D eigenvalue weighted by atomic mass is 10.1. The highest BCUT2D eigenvalue weighted by Crippen LogP contribution is 2.19. The zero-order valence-electron chi connectivity index (χ0n) is 9.43. The normalized spacial score (nSPS) is 26.4. The van der Waals surface area contributed by atoms with E-state index >= 15 is 0 Å². The van der Waals surface area contributed by atoms with E-state index in [1.54, 1.807) is 0 Å². The van der Waals surface area contributed by atoms with E-state index in [0.29, 0.717) is 0 Å². The molecule has 16 heavy (non-hydrogen) atoms. The number of halogens is 3. The van der Waals surface area contributed by atoms with Gasteiger partial charge in [0.1, 0.15) is 0 Å². The fourth-order valence-corrected chi connectivity index (χ4v) is 1.84. The van der Waals surface area contributed by atoms with Gasteiger partial charge in [-0.3, -0.25) is 0 Å². The van der Waals surface area contributed by atoms with Crippen LogP contribution in [0.1, 0.15) is 19.3 Å². The molecule has 1 heterocycles. The lowest BCUT2D eigenvalue weighted by Crippen LogP contribution is -2.42. The average Bonchev–Trinajstić information content (AvgIpc) is 2.38. The van der Waals surface area contributed by atoms with E-state index in [9.17, 15) is 13.2 Å². The number of aliphatic hydroxyl groups is 1. The van der Waals surface area contributed by atoms with Crippen molar-refractivity contribution in [1.82, 2.24) is 10.2 Å². The zero-order valence-corrected chi connectivity index (χ0v) is 9.43. The molecular formula is C10H19F3N2O. The minimum atomic E-state index is -4.52. The van der Waals surface area contributed by atoms with Crippen molar-refractivity contribution >= 4 is 0 Å². The molecule has 0 aliphatic carbocycles. The second-order valence-electron chi connectivity index (χ2n) is 4.40. The molecule has 2 atom stereocenters. The quantitative estimate of drug-likeness (QED) is 0.772. The van der Waals surface area contributed by atoms with Crippen LogP contribution >= 0.6 is 0 Å². The Morgan fingerprint density at radius 1 is 1.38 bits per heavy atom. The summed E-state index contributed by atoms with van der Waals surface area (Å²) in [6.07, 6.45) is -4.09. The number of nitrogens with zero attached hydrogens (tertiary/aromatic N) is 1. The van der Waals surface area contributed by atoms with Gasteiger partial charge in [0, 0.05) is 12.6 Å². The van der Waals surface area contributed by atoms with Gasteiger partial charge in [-0.2, -0.15) is 13.2 Å². The monoisotopic (exact) mass is 240 g/mol. The number of rotatable bonds is 3. The molecule has 1 rings (SSSR count). The maximum atomic E-state index is 12.0. The smallest absolute Gasteiger partial charge is 0.382 e. The molecule has 0 aromatic carbocycles. The maximum Gasteiger partial charge on any atom is 0.415 e. The molecule has 1 aliphatic heterocycles. The molecule has 1 fully saturated rings. The van der Waals surface area contributed by atoms with Gasteiger partial charge in [-0.15, -0.1) is 0 Å². The summed E-state index contributed by atoms with van der Waals surface area (Å²) in [6.45, 7) is 1.47. The molecule has 0 spiro atoms. The third kappa shape index (κ3) is 4.67. The van der Waals surface area contributed by atoms with Crippen molar-refractivity contribution < 1.29 is 18.3 Å². The van der Waals surface area contributed by atoms with Crippen LogP contribution in [0.3, 0.4) is 0 Å². The molecule has 0 aromatic rings. The molecule has 0 amide bonds. The van der Waals surface area contributed by atoms with Crippen LogP contribution in [0.15, 0.2) is 0 Å². The highest BCUT2D eigenvalue weighted by molar-refractivity contribution is 4.76. The Morgan fingerprint density at radius 3 is 2.69 bits per heavy atom. The largest absolute Gasteiger partial charge is 0.415 e. The van der Waals surface area contributed by atoms with Gasteiger partial charge in [0.2, 0.25) is 0 Å². The van der Waals surface area contributed by atoms with Crippen LogP contribution in [0.25, 0.3) is 0 Å². The third-order valence-electron chi connectivity index (χ3n) is 2.93. The predicted octanol–water partition coefficient (Wildman–Crippen LogP) is 0.983. The van der Waals surface area contributed by atoms with Gasteiger partial charge in [-0.25, -0.2) is 0 Å². The first-order valence-electron chi connectivity index (χ1n) is 5.56. The third-order valence-corrected chi connectivity index (χ3v) is 2.93. The molecule has 2 unspecified atom stereocenters. The Kier molecular flexibility index (Phi) is 5.01. The van der Waals surface area contributed by atoms with Gasteiger partial charge in [-0.1, -0.05) is 0 Å². The summed E-state index contributed by atoms with van der Waals surface area (Å²) in [7, 11) is 2.01. The molecule has 0 radical (unpaired) electrons. The van der Waals surface area contributed by atoms with Crippen molar-refractivity contribution in [2.75, 3.05) is 26.7 Å². The minimum Gasteiger partial charge on any atom is -0.382 e. The van der Waals surface area contributed by atoms with Crippen LogP contribution in [0.2, 0.25) is 0 Å². The average molecular weight is 240 g/mol. The van der Waals surface area contributed by atoms with Crippen LogP contribution in [-0.2, 0) is 0 Å². The summed E-state index contributed by atoms with van der Waals surface area (Å²) >= 11 is 0. The van der Waals surface area contributed by atoms with E-state index < -0.39 is 18.8 Å². The van der Waals surface area contributed by atoms with Crippen molar-refractivity contribution in [2.24, 2.45) is 0 Å². The fourth-order valence-electron chi connectivity index (χ4n) is 1.84. The highest BCUT2D eigenvalue weighted by atomic mass is 19.4. The predicted molar refractivity (Wildman–Crippen MR) is 55.2 cm³/mol. The highest BCUT2D eigenvalue weighted by Gasteiger charge is 2.38. The van der Waals surface area contributed by atoms with Crippen molar-refractivity contribution in [1.29, 1.82) is 0 Å². The number of likely N-dealkylation sites (tertiary alicyclic amines) is 1. The molecule has 96 valence electrons. The molecule has 0 saturated carbocycles. The first kappa shape index (κ1) is 13.7. The summed E-state index contributed by atoms with van der Waals surface area (Å²) in [6, 6.07) is 0.0851. The van der Waals surface area contributed by atoms with E-state index in [-0.39, 0.29) is 6.04 Å². The maximum absolute atomic E-state index is 12.0. The summed E-state index contributed by atoms with van der Waals surface area (Å²) in [5.41, 5.74) is 0. The van der Waals surface area contributed by atoms with E-state index in [4.69, 9.17) is 5.11 Å². The second kappa shape index (κ2) is 5.84. The van der Waals surface area contributed by atoms with Crippen LogP contribution in [-0.4, -0.2) is 55.0 Å². The van der Waals surface area contributed by atoms with Crippen molar-refractivity contribution in [3.05, 3.63) is 0 Å². The summed E-state index contributed by atoms with van der Waals surface area (Å²) in [4.78, 5) is 2.17. The van der Waals surface area contributed by atoms with Gasteiger partial charge in [0.25, 0.3) is 0 Å². The Hall–Kier alpha value is -0.330. The lowest BCUT2D eigenvalue weighted by Gasteiger charge is -2.20. The van der Waals surface area contributed by atoms with Gasteiger partial charge in [0.05, 0.1) is 0 Å². The van der Waals surface area contributed by atoms with Crippen molar-refractivity contribution in [2.45, 2.75) is 37.6 Å². The Balaban J connectivity index is 2.27. The van der Waals surface area contributed by atoms with E-state index in [2.05, 4.69) is 10.2 Å². The van der Waals surface area contributed by atoms with Crippen LogP contribution in [0.5, 0.6) is 0 Å². The number of nitrogens with one attached hydrogen (secondary N) is 1. The number of alkyl halides is 3. The second-order valence-corrected chi connectivity index (χ2v) is 4.40. The topological polar surface area (TPSA) is 35.5 Å². The van der Waals surface area contributed by atoms with Gasteiger partial charge < -0.3 is 15.3 Å². The summed E-state index contributed by atoms with van der Waals surface area (Å²) in [5.74, 6) is 0. The van der Waals surface area contributed by atoms with Gasteiger partial charge in [0.15, 0.2) is 6.10 Å². The minimum absolute atomic E-state index is 0.0851. The van der Waals surface area contributed by atoms with Gasteiger partial charge in [-0.05, 0) is 39.4 Å². The first-order chi connectivity index (χ1) is 7.39. The standard InChI is InChI=1S/C10H19F3N2O/c1-15-5-2-3-8(4-6-15)14-7-9(16)10(11,12)13/h8-9,14,16H,2-7H2,1H3. The molecule has 2 N–H and O–H groups in total. The van der Waals surface area contributed by atoms with E-state index in [1.165, 1.54) is 0 Å². The zero-order chi connectivity index (χ0) is 12.2. The van der Waals surface area contributed by atoms with Crippen LogP contribution in [0, 0.1) is 0 Å². The molecule has 0 bridgehead atoms. The lowest BCUT2D eigenvalue weighted by molar-refractivity contribution is -0.202. The fraction of sp³-hybridized carbons (Fsp3) is 1.00. The summed E-state index contributed by atoms with van der Waals surface area (Å²) in [5, 5.41) is 11.6. The Labute approximate surface area is 93.6 Å². The SMILES string of the molecule is CN1CCCC(NCC(O)C(F)(F)F)CC1. The van der Waals surface area contributed by atoms with Crippen molar-refractivity contribution in [3.63, 3.8) is 0 Å². The number of hydrogen-bond acceptors (Lipinski definition) is 3. The van der Waals surface area contributed by atoms with E-state index in [1.807, 2.05) is 7.05 Å². The van der Waals surface area contributed by atoms with Crippen LogP contribution < -0.4 is 5.32 Å². The number of hydrogen-bond donors (Lipinski definition) is 2. The van der Waals surface area contributed by atoms with Crippen LogP contribution in [0.4, 0.5) is 13.2 Å². The molecule has 1 aliphatic rings.